The predicted molar refractivity (Wildman–Crippen MR) is 108 cm³/mol. The van der Waals surface area contributed by atoms with Crippen molar-refractivity contribution in [3.8, 4) is 11.1 Å². The van der Waals surface area contributed by atoms with E-state index in [1.54, 1.807) is 18.2 Å². The monoisotopic (exact) mass is 365 g/mol. The molecule has 3 nitrogen and oxygen atoms in total. The van der Waals surface area contributed by atoms with Gasteiger partial charge >= 0.3 is 0 Å². The molecule has 0 spiro atoms. The molecular weight excluding hydrogens is 342 g/mol. The highest BCUT2D eigenvalue weighted by Gasteiger charge is 2.19. The van der Waals surface area contributed by atoms with Crippen molar-refractivity contribution in [1.29, 1.82) is 0 Å². The maximum absolute atomic E-state index is 12.8. The molecule has 0 aromatic heterocycles. The Balaban J connectivity index is 1.94. The molecule has 0 heterocycles. The molecule has 1 N–H and O–H groups in total. The fourth-order valence-electron chi connectivity index (χ4n) is 2.78. The maximum atomic E-state index is 12.8. The van der Waals surface area contributed by atoms with Crippen molar-refractivity contribution in [2.75, 3.05) is 4.72 Å². The van der Waals surface area contributed by atoms with Crippen LogP contribution in [0.1, 0.15) is 26.3 Å². The van der Waals surface area contributed by atoms with Crippen molar-refractivity contribution >= 4 is 15.7 Å². The average Bonchev–Trinajstić information content (AvgIpc) is 2.62. The van der Waals surface area contributed by atoms with Gasteiger partial charge in [-0.15, -0.1) is 0 Å². The second-order valence-corrected chi connectivity index (χ2v) is 8.97. The van der Waals surface area contributed by atoms with Crippen LogP contribution in [0.4, 0.5) is 5.69 Å². The quantitative estimate of drug-likeness (QED) is 0.668. The predicted octanol–water partition coefficient (Wildman–Crippen LogP) is 5.45. The average molecular weight is 365 g/mol. The lowest BCUT2D eigenvalue weighted by Crippen LogP contribution is -2.15. The summed E-state index contributed by atoms with van der Waals surface area (Å²) >= 11 is 0. The summed E-state index contributed by atoms with van der Waals surface area (Å²) < 4.78 is 28.4. The van der Waals surface area contributed by atoms with Crippen LogP contribution < -0.4 is 4.72 Å². The lowest BCUT2D eigenvalue weighted by Gasteiger charge is -2.19. The Kier molecular flexibility index (Phi) is 4.88. The van der Waals surface area contributed by atoms with E-state index in [-0.39, 0.29) is 10.3 Å². The van der Waals surface area contributed by atoms with Crippen LogP contribution in [0.3, 0.4) is 0 Å². The van der Waals surface area contributed by atoms with Crippen LogP contribution in [0.2, 0.25) is 0 Å². The van der Waals surface area contributed by atoms with Crippen molar-refractivity contribution in [1.82, 2.24) is 0 Å². The third-order valence-electron chi connectivity index (χ3n) is 4.29. The van der Waals surface area contributed by atoms with E-state index in [9.17, 15) is 8.42 Å². The molecule has 0 unspecified atom stereocenters. The smallest absolute Gasteiger partial charge is 0.261 e. The van der Waals surface area contributed by atoms with E-state index in [4.69, 9.17) is 0 Å². The summed E-state index contributed by atoms with van der Waals surface area (Å²) in [5.41, 5.74) is 3.46. The fourth-order valence-corrected chi connectivity index (χ4v) is 3.86. The number of benzene rings is 3. The molecule has 3 rings (SSSR count). The second-order valence-electron chi connectivity index (χ2n) is 7.29. The van der Waals surface area contributed by atoms with Gasteiger partial charge < -0.3 is 0 Å². The van der Waals surface area contributed by atoms with E-state index in [2.05, 4.69) is 25.5 Å². The van der Waals surface area contributed by atoms with Gasteiger partial charge in [0.2, 0.25) is 0 Å². The van der Waals surface area contributed by atoms with Gasteiger partial charge in [0.1, 0.15) is 0 Å². The summed E-state index contributed by atoms with van der Waals surface area (Å²) in [5.74, 6) is 0. The number of rotatable bonds is 4. The van der Waals surface area contributed by atoms with Crippen molar-refractivity contribution in [3.63, 3.8) is 0 Å². The fraction of sp³-hybridized carbons (Fsp3) is 0.182. The van der Waals surface area contributed by atoms with Gasteiger partial charge in [-0.3, -0.25) is 4.72 Å². The molecule has 0 amide bonds. The third kappa shape index (κ3) is 3.97. The zero-order valence-corrected chi connectivity index (χ0v) is 16.0. The molecule has 0 fully saturated rings. The molecule has 0 bridgehead atoms. The Morgan fingerprint density at radius 2 is 1.31 bits per heavy atom. The lowest BCUT2D eigenvalue weighted by atomic mass is 9.87. The molecular formula is C22H23NO2S. The van der Waals surface area contributed by atoms with Crippen LogP contribution in [0.25, 0.3) is 11.1 Å². The molecule has 0 saturated heterocycles. The van der Waals surface area contributed by atoms with E-state index < -0.39 is 10.0 Å². The number of sulfonamides is 1. The van der Waals surface area contributed by atoms with Gasteiger partial charge in [0, 0.05) is 5.56 Å². The minimum Gasteiger partial charge on any atom is -0.279 e. The van der Waals surface area contributed by atoms with Crippen LogP contribution in [-0.4, -0.2) is 8.42 Å². The third-order valence-corrected chi connectivity index (χ3v) is 5.67. The van der Waals surface area contributed by atoms with E-state index >= 15 is 0 Å². The topological polar surface area (TPSA) is 46.2 Å². The standard InChI is InChI=1S/C22H23NO2S/c1-22(2,3)18-13-15-19(16-14-18)26(24,25)23-21-12-8-7-11-20(21)17-9-5-4-6-10-17/h4-16,23H,1-3H3. The normalized spacial score (nSPS) is 12.0. The Morgan fingerprint density at radius 1 is 0.731 bits per heavy atom. The molecule has 3 aromatic carbocycles. The first-order valence-electron chi connectivity index (χ1n) is 8.55. The number of hydrogen-bond acceptors (Lipinski definition) is 2. The summed E-state index contributed by atoms with van der Waals surface area (Å²) in [6, 6.07) is 24.2. The second kappa shape index (κ2) is 6.96. The van der Waals surface area contributed by atoms with Crippen LogP contribution >= 0.6 is 0 Å². The highest BCUT2D eigenvalue weighted by atomic mass is 32.2. The summed E-state index contributed by atoms with van der Waals surface area (Å²) in [7, 11) is -3.66. The molecule has 0 aliphatic heterocycles. The Bertz CT molecular complexity index is 986. The van der Waals surface area contributed by atoms with Crippen LogP contribution in [0.5, 0.6) is 0 Å². The summed E-state index contributed by atoms with van der Waals surface area (Å²) in [6.07, 6.45) is 0. The summed E-state index contributed by atoms with van der Waals surface area (Å²) in [4.78, 5) is 0.258. The highest BCUT2D eigenvalue weighted by molar-refractivity contribution is 7.92. The van der Waals surface area contributed by atoms with Gasteiger partial charge in [0.25, 0.3) is 10.0 Å². The number of para-hydroxylation sites is 1. The van der Waals surface area contributed by atoms with Crippen molar-refractivity contribution in [3.05, 3.63) is 84.4 Å². The zero-order valence-electron chi connectivity index (χ0n) is 15.2. The van der Waals surface area contributed by atoms with Gasteiger partial charge in [-0.2, -0.15) is 0 Å². The van der Waals surface area contributed by atoms with Gasteiger partial charge in [0.05, 0.1) is 10.6 Å². The van der Waals surface area contributed by atoms with Crippen LogP contribution in [0, 0.1) is 0 Å². The minimum absolute atomic E-state index is 0.0182. The summed E-state index contributed by atoms with van der Waals surface area (Å²) in [5, 5.41) is 0. The van der Waals surface area contributed by atoms with Crippen molar-refractivity contribution in [2.45, 2.75) is 31.1 Å². The van der Waals surface area contributed by atoms with E-state index in [1.165, 1.54) is 0 Å². The number of anilines is 1. The van der Waals surface area contributed by atoms with Gasteiger partial charge in [0.15, 0.2) is 0 Å². The molecule has 134 valence electrons. The first kappa shape index (κ1) is 18.2. The molecule has 0 aliphatic carbocycles. The molecule has 0 atom stereocenters. The Labute approximate surface area is 155 Å². The number of hydrogen-bond donors (Lipinski definition) is 1. The molecule has 0 aliphatic rings. The SMILES string of the molecule is CC(C)(C)c1ccc(S(=O)(=O)Nc2ccccc2-c2ccccc2)cc1. The molecule has 3 aromatic rings. The first-order chi connectivity index (χ1) is 12.3. The van der Waals surface area contributed by atoms with E-state index in [1.807, 2.05) is 60.7 Å². The van der Waals surface area contributed by atoms with Crippen molar-refractivity contribution < 1.29 is 8.42 Å². The molecule has 0 saturated carbocycles. The zero-order chi connectivity index (χ0) is 18.8. The number of nitrogens with one attached hydrogen (secondary N) is 1. The maximum Gasteiger partial charge on any atom is 0.261 e. The van der Waals surface area contributed by atoms with Gasteiger partial charge in [-0.1, -0.05) is 81.4 Å². The van der Waals surface area contributed by atoms with Crippen LogP contribution in [-0.2, 0) is 15.4 Å². The van der Waals surface area contributed by atoms with Gasteiger partial charge in [-0.05, 0) is 34.7 Å². The van der Waals surface area contributed by atoms with Crippen molar-refractivity contribution in [2.24, 2.45) is 0 Å². The Morgan fingerprint density at radius 3 is 1.92 bits per heavy atom. The lowest BCUT2D eigenvalue weighted by molar-refractivity contribution is 0.587. The van der Waals surface area contributed by atoms with Gasteiger partial charge in [-0.25, -0.2) is 8.42 Å². The van der Waals surface area contributed by atoms with Crippen LogP contribution in [0.15, 0.2) is 83.8 Å². The molecule has 4 heteroatoms. The first-order valence-corrected chi connectivity index (χ1v) is 10.0. The highest BCUT2D eigenvalue weighted by Crippen LogP contribution is 2.30. The van der Waals surface area contributed by atoms with E-state index in [0.29, 0.717) is 5.69 Å². The molecule has 26 heavy (non-hydrogen) atoms. The van der Waals surface area contributed by atoms with E-state index in [0.717, 1.165) is 16.7 Å². The minimum atomic E-state index is -3.66. The largest absolute Gasteiger partial charge is 0.279 e. The molecule has 0 radical (unpaired) electrons. The Hall–Kier alpha value is -2.59. The summed E-state index contributed by atoms with van der Waals surface area (Å²) in [6.45, 7) is 6.31.